The predicted octanol–water partition coefficient (Wildman–Crippen LogP) is 2.83. The van der Waals surface area contributed by atoms with Gasteiger partial charge in [0.25, 0.3) is 0 Å². The number of amides is 1. The molecule has 1 aliphatic carbocycles. The van der Waals surface area contributed by atoms with Gasteiger partial charge in [0, 0.05) is 13.1 Å². The molecule has 1 fully saturated rings. The number of benzene rings is 1. The lowest BCUT2D eigenvalue weighted by Gasteiger charge is -2.31. The Labute approximate surface area is 139 Å². The highest BCUT2D eigenvalue weighted by molar-refractivity contribution is 7.92. The fraction of sp³-hybridized carbons (Fsp3) is 0.611. The third kappa shape index (κ3) is 5.98. The molecule has 0 bridgehead atoms. The average Bonchev–Trinajstić information content (AvgIpc) is 2.55. The fourth-order valence-electron chi connectivity index (χ4n) is 3.17. The van der Waals surface area contributed by atoms with E-state index < -0.39 is 9.84 Å². The second-order valence-corrected chi connectivity index (χ2v) is 8.66. The maximum Gasteiger partial charge on any atom is 0.237 e. The molecule has 1 aromatic carbocycles. The number of carbonyl (C=O) groups is 1. The molecule has 1 saturated carbocycles. The van der Waals surface area contributed by atoms with E-state index in [0.29, 0.717) is 6.42 Å². The van der Waals surface area contributed by atoms with E-state index in [1.54, 1.807) is 11.9 Å². The molecule has 0 aliphatic heterocycles. The summed E-state index contributed by atoms with van der Waals surface area (Å²) in [6.07, 6.45) is 6.76. The summed E-state index contributed by atoms with van der Waals surface area (Å²) in [5.74, 6) is -0.530. The second-order valence-electron chi connectivity index (χ2n) is 6.48. The first-order valence-corrected chi connectivity index (χ1v) is 10.3. The number of rotatable bonds is 7. The first kappa shape index (κ1) is 18.0. The van der Waals surface area contributed by atoms with E-state index in [1.807, 2.05) is 30.3 Å². The van der Waals surface area contributed by atoms with Crippen molar-refractivity contribution in [3.63, 3.8) is 0 Å². The van der Waals surface area contributed by atoms with Gasteiger partial charge in [-0.2, -0.15) is 0 Å². The van der Waals surface area contributed by atoms with Crippen LogP contribution in [-0.2, 0) is 21.1 Å². The van der Waals surface area contributed by atoms with E-state index in [9.17, 15) is 13.2 Å². The molecular weight excluding hydrogens is 310 g/mol. The van der Waals surface area contributed by atoms with Crippen LogP contribution in [0.5, 0.6) is 0 Å². The predicted molar refractivity (Wildman–Crippen MR) is 93.1 cm³/mol. The molecule has 0 N–H and O–H groups in total. The first-order chi connectivity index (χ1) is 11.0. The van der Waals surface area contributed by atoms with Crippen LogP contribution in [0.2, 0.25) is 0 Å². The summed E-state index contributed by atoms with van der Waals surface area (Å²) in [6, 6.07) is 10.1. The summed E-state index contributed by atoms with van der Waals surface area (Å²) in [4.78, 5) is 13.9. The topological polar surface area (TPSA) is 54.5 Å². The minimum absolute atomic E-state index is 0.0755. The monoisotopic (exact) mass is 337 g/mol. The van der Waals surface area contributed by atoms with Gasteiger partial charge >= 0.3 is 0 Å². The zero-order valence-corrected chi connectivity index (χ0v) is 14.7. The summed E-state index contributed by atoms with van der Waals surface area (Å²) in [6.45, 7) is 0. The van der Waals surface area contributed by atoms with Gasteiger partial charge in [0.05, 0.1) is 5.75 Å². The van der Waals surface area contributed by atoms with Gasteiger partial charge in [0.1, 0.15) is 5.75 Å². The summed E-state index contributed by atoms with van der Waals surface area (Å²) in [5.41, 5.74) is 1.13. The summed E-state index contributed by atoms with van der Waals surface area (Å²) in [7, 11) is -1.58. The molecule has 5 heteroatoms. The van der Waals surface area contributed by atoms with Gasteiger partial charge in [0.15, 0.2) is 9.84 Å². The van der Waals surface area contributed by atoms with Crippen LogP contribution in [0.15, 0.2) is 30.3 Å². The molecule has 1 amide bonds. The Morgan fingerprint density at radius 3 is 2.43 bits per heavy atom. The summed E-state index contributed by atoms with van der Waals surface area (Å²) in [5, 5.41) is 0. The minimum Gasteiger partial charge on any atom is -0.342 e. The van der Waals surface area contributed by atoms with Crippen molar-refractivity contribution < 1.29 is 13.2 Å². The minimum atomic E-state index is -3.33. The van der Waals surface area contributed by atoms with Crippen molar-refractivity contribution in [1.82, 2.24) is 4.90 Å². The average molecular weight is 337 g/mol. The molecule has 1 aromatic rings. The Morgan fingerprint density at radius 1 is 1.13 bits per heavy atom. The van der Waals surface area contributed by atoms with Crippen molar-refractivity contribution in [3.8, 4) is 0 Å². The smallest absolute Gasteiger partial charge is 0.237 e. The normalized spacial score (nSPS) is 16.2. The first-order valence-electron chi connectivity index (χ1n) is 8.48. The van der Waals surface area contributed by atoms with Gasteiger partial charge in [-0.3, -0.25) is 4.79 Å². The Morgan fingerprint density at radius 2 is 1.78 bits per heavy atom. The molecule has 0 radical (unpaired) electrons. The lowest BCUT2D eigenvalue weighted by molar-refractivity contribution is -0.129. The number of hydrogen-bond donors (Lipinski definition) is 0. The van der Waals surface area contributed by atoms with Crippen LogP contribution in [0.1, 0.15) is 44.1 Å². The molecule has 0 unspecified atom stereocenters. The lowest BCUT2D eigenvalue weighted by atomic mass is 9.94. The highest BCUT2D eigenvalue weighted by Crippen LogP contribution is 2.21. The molecule has 2 rings (SSSR count). The number of aryl methyl sites for hydroxylation is 1. The molecule has 4 nitrogen and oxygen atoms in total. The second kappa shape index (κ2) is 8.48. The third-order valence-electron chi connectivity index (χ3n) is 4.62. The van der Waals surface area contributed by atoms with Gasteiger partial charge in [-0.15, -0.1) is 0 Å². The van der Waals surface area contributed by atoms with E-state index >= 15 is 0 Å². The van der Waals surface area contributed by atoms with Crippen LogP contribution in [-0.4, -0.2) is 43.8 Å². The van der Waals surface area contributed by atoms with Crippen LogP contribution < -0.4 is 0 Å². The van der Waals surface area contributed by atoms with Gasteiger partial charge in [-0.25, -0.2) is 8.42 Å². The maximum absolute atomic E-state index is 12.2. The zero-order valence-electron chi connectivity index (χ0n) is 13.9. The van der Waals surface area contributed by atoms with Crippen LogP contribution in [0, 0.1) is 0 Å². The third-order valence-corrected chi connectivity index (χ3v) is 6.22. The van der Waals surface area contributed by atoms with Crippen LogP contribution in [0.4, 0.5) is 0 Å². The summed E-state index contributed by atoms with van der Waals surface area (Å²) >= 11 is 0. The van der Waals surface area contributed by atoms with E-state index in [2.05, 4.69) is 0 Å². The van der Waals surface area contributed by atoms with E-state index in [1.165, 1.54) is 6.42 Å². The Balaban J connectivity index is 1.79. The van der Waals surface area contributed by atoms with Crippen LogP contribution in [0.25, 0.3) is 0 Å². The molecule has 0 atom stereocenters. The van der Waals surface area contributed by atoms with E-state index in [0.717, 1.165) is 37.7 Å². The quantitative estimate of drug-likeness (QED) is 0.769. The lowest BCUT2D eigenvalue weighted by Crippen LogP contribution is -2.41. The summed E-state index contributed by atoms with van der Waals surface area (Å²) < 4.78 is 24.3. The molecule has 0 saturated heterocycles. The zero-order chi connectivity index (χ0) is 16.7. The highest BCUT2D eigenvalue weighted by Gasteiger charge is 2.25. The Kier molecular flexibility index (Phi) is 6.63. The van der Waals surface area contributed by atoms with Crippen molar-refractivity contribution in [1.29, 1.82) is 0 Å². The molecule has 1 aliphatic rings. The number of carbonyl (C=O) groups excluding carboxylic acids is 1. The van der Waals surface area contributed by atoms with E-state index in [-0.39, 0.29) is 23.5 Å². The Hall–Kier alpha value is -1.36. The van der Waals surface area contributed by atoms with Gasteiger partial charge in [-0.05, 0) is 31.2 Å². The van der Waals surface area contributed by atoms with E-state index in [4.69, 9.17) is 0 Å². The molecule has 0 spiro atoms. The van der Waals surface area contributed by atoms with Crippen molar-refractivity contribution in [2.45, 2.75) is 51.0 Å². The SMILES string of the molecule is CN(C(=O)CS(=O)(=O)CCCc1ccccc1)C1CCCCC1. The molecule has 0 heterocycles. The van der Waals surface area contributed by atoms with Crippen molar-refractivity contribution in [3.05, 3.63) is 35.9 Å². The molecule has 23 heavy (non-hydrogen) atoms. The number of sulfone groups is 1. The standard InChI is InChI=1S/C18H27NO3S/c1-19(17-12-6-3-7-13-17)18(20)15-23(21,22)14-8-11-16-9-4-2-5-10-16/h2,4-5,9-10,17H,3,6-8,11-15H2,1H3. The van der Waals surface area contributed by atoms with Gasteiger partial charge in [0.2, 0.25) is 5.91 Å². The number of hydrogen-bond acceptors (Lipinski definition) is 3. The van der Waals surface area contributed by atoms with Gasteiger partial charge in [-0.1, -0.05) is 49.6 Å². The molecule has 0 aromatic heterocycles. The molecule has 128 valence electrons. The Bertz CT molecular complexity index is 592. The van der Waals surface area contributed by atoms with Crippen molar-refractivity contribution in [2.75, 3.05) is 18.6 Å². The van der Waals surface area contributed by atoms with Crippen molar-refractivity contribution in [2.24, 2.45) is 0 Å². The largest absolute Gasteiger partial charge is 0.342 e. The fourth-order valence-corrected chi connectivity index (χ4v) is 4.48. The highest BCUT2D eigenvalue weighted by atomic mass is 32.2. The van der Waals surface area contributed by atoms with Crippen molar-refractivity contribution >= 4 is 15.7 Å². The van der Waals surface area contributed by atoms with Crippen LogP contribution in [0.3, 0.4) is 0 Å². The van der Waals surface area contributed by atoms with Crippen LogP contribution >= 0.6 is 0 Å². The number of nitrogens with zero attached hydrogens (tertiary/aromatic N) is 1. The van der Waals surface area contributed by atoms with Gasteiger partial charge < -0.3 is 4.90 Å². The molecular formula is C18H27NO3S. The maximum atomic E-state index is 12.2.